The average molecular weight is 220 g/mol. The van der Waals surface area contributed by atoms with Crippen LogP contribution in [0.2, 0.25) is 0 Å². The van der Waals surface area contributed by atoms with E-state index in [-0.39, 0.29) is 5.60 Å². The molecule has 0 amide bonds. The summed E-state index contributed by atoms with van der Waals surface area (Å²) in [5.74, 6) is 0.593. The Labute approximate surface area is 99.8 Å². The first-order valence-corrected chi connectivity index (χ1v) is 6.26. The van der Waals surface area contributed by atoms with Gasteiger partial charge in [-0.15, -0.1) is 0 Å². The van der Waals surface area contributed by atoms with Crippen molar-refractivity contribution in [2.45, 2.75) is 52.6 Å². The molecular formula is C15H24O. The number of ether oxygens (including phenoxy) is 1. The monoisotopic (exact) mass is 220 g/mol. The second-order valence-electron chi connectivity index (χ2n) is 4.84. The van der Waals surface area contributed by atoms with Gasteiger partial charge in [-0.3, -0.25) is 0 Å². The molecular weight excluding hydrogens is 196 g/mol. The lowest BCUT2D eigenvalue weighted by molar-refractivity contribution is -0.0148. The summed E-state index contributed by atoms with van der Waals surface area (Å²) in [7, 11) is 0. The molecule has 0 fully saturated rings. The van der Waals surface area contributed by atoms with Gasteiger partial charge in [0.25, 0.3) is 0 Å². The lowest BCUT2D eigenvalue weighted by atomic mass is 9.86. The van der Waals surface area contributed by atoms with Gasteiger partial charge in [-0.05, 0) is 44.2 Å². The highest BCUT2D eigenvalue weighted by molar-refractivity contribution is 5.34. The fraction of sp³-hybridized carbons (Fsp3) is 0.600. The molecule has 1 heteroatoms. The second kappa shape index (κ2) is 5.49. The number of rotatable bonds is 5. The molecule has 0 aliphatic carbocycles. The third-order valence-electron chi connectivity index (χ3n) is 3.26. The molecule has 1 unspecified atom stereocenters. The Balaban J connectivity index is 3.12. The average Bonchev–Trinajstić information content (AvgIpc) is 2.28. The second-order valence-corrected chi connectivity index (χ2v) is 4.84. The van der Waals surface area contributed by atoms with Crippen molar-refractivity contribution in [2.24, 2.45) is 0 Å². The van der Waals surface area contributed by atoms with E-state index in [1.165, 1.54) is 17.5 Å². The first-order valence-electron chi connectivity index (χ1n) is 6.26. The van der Waals surface area contributed by atoms with Crippen molar-refractivity contribution in [3.05, 3.63) is 35.4 Å². The van der Waals surface area contributed by atoms with Crippen LogP contribution < -0.4 is 0 Å². The Hall–Kier alpha value is -0.820. The molecule has 1 aromatic rings. The van der Waals surface area contributed by atoms with Gasteiger partial charge in [0.05, 0.1) is 5.60 Å². The van der Waals surface area contributed by atoms with Crippen LogP contribution in [0.3, 0.4) is 0 Å². The highest BCUT2D eigenvalue weighted by Crippen LogP contribution is 2.32. The maximum absolute atomic E-state index is 5.85. The minimum atomic E-state index is -0.186. The van der Waals surface area contributed by atoms with Gasteiger partial charge >= 0.3 is 0 Å². The van der Waals surface area contributed by atoms with Crippen molar-refractivity contribution in [3.63, 3.8) is 0 Å². The Bertz CT molecular complexity index is 328. The van der Waals surface area contributed by atoms with Gasteiger partial charge in [0.1, 0.15) is 0 Å². The molecule has 0 spiro atoms. The summed E-state index contributed by atoms with van der Waals surface area (Å²) in [6.45, 7) is 11.6. The summed E-state index contributed by atoms with van der Waals surface area (Å²) in [6.07, 6.45) is 1.17. The molecule has 0 radical (unpaired) electrons. The largest absolute Gasteiger partial charge is 0.371 e. The predicted molar refractivity (Wildman–Crippen MR) is 69.8 cm³/mol. The van der Waals surface area contributed by atoms with Gasteiger partial charge in [-0.2, -0.15) is 0 Å². The molecule has 1 aromatic carbocycles. The molecule has 0 aliphatic rings. The fourth-order valence-electron chi connectivity index (χ4n) is 2.13. The van der Waals surface area contributed by atoms with Crippen molar-refractivity contribution < 1.29 is 4.74 Å². The Morgan fingerprint density at radius 2 is 1.81 bits per heavy atom. The van der Waals surface area contributed by atoms with Crippen LogP contribution in [0, 0.1) is 0 Å². The van der Waals surface area contributed by atoms with E-state index in [4.69, 9.17) is 4.74 Å². The van der Waals surface area contributed by atoms with Gasteiger partial charge in [0, 0.05) is 6.61 Å². The normalized spacial score (nSPS) is 13.8. The van der Waals surface area contributed by atoms with Crippen LogP contribution in [0.15, 0.2) is 24.3 Å². The van der Waals surface area contributed by atoms with Crippen LogP contribution in [0.1, 0.15) is 58.1 Å². The minimum Gasteiger partial charge on any atom is -0.371 e. The minimum absolute atomic E-state index is 0.186. The van der Waals surface area contributed by atoms with Crippen LogP contribution in [-0.2, 0) is 10.3 Å². The van der Waals surface area contributed by atoms with Crippen LogP contribution in [-0.4, -0.2) is 6.61 Å². The van der Waals surface area contributed by atoms with E-state index >= 15 is 0 Å². The Kier molecular flexibility index (Phi) is 4.55. The molecule has 1 rings (SSSR count). The number of hydrogen-bond acceptors (Lipinski definition) is 1. The molecule has 0 saturated carbocycles. The zero-order valence-electron chi connectivity index (χ0n) is 11.2. The molecule has 0 N–H and O–H groups in total. The van der Waals surface area contributed by atoms with Gasteiger partial charge in [-0.1, -0.05) is 38.1 Å². The fourth-order valence-corrected chi connectivity index (χ4v) is 2.13. The highest BCUT2D eigenvalue weighted by Gasteiger charge is 2.24. The smallest absolute Gasteiger partial charge is 0.0877 e. The van der Waals surface area contributed by atoms with Gasteiger partial charge < -0.3 is 4.74 Å². The predicted octanol–water partition coefficient (Wildman–Crippen LogP) is 4.47. The lowest BCUT2D eigenvalue weighted by Gasteiger charge is -2.29. The van der Waals surface area contributed by atoms with Crippen LogP contribution in [0.4, 0.5) is 0 Å². The van der Waals surface area contributed by atoms with E-state index in [9.17, 15) is 0 Å². The van der Waals surface area contributed by atoms with Gasteiger partial charge in [0.15, 0.2) is 0 Å². The number of hydrogen-bond donors (Lipinski definition) is 0. The number of benzene rings is 1. The van der Waals surface area contributed by atoms with E-state index in [1.54, 1.807) is 0 Å². The van der Waals surface area contributed by atoms with E-state index in [2.05, 4.69) is 52.0 Å². The van der Waals surface area contributed by atoms with E-state index in [0.717, 1.165) is 6.61 Å². The molecule has 0 aromatic heterocycles. The molecule has 1 atom stereocenters. The van der Waals surface area contributed by atoms with Crippen LogP contribution >= 0.6 is 0 Å². The molecule has 0 heterocycles. The molecule has 0 saturated heterocycles. The third kappa shape index (κ3) is 2.85. The summed E-state index contributed by atoms with van der Waals surface area (Å²) in [6, 6.07) is 8.64. The van der Waals surface area contributed by atoms with Crippen LogP contribution in [0.5, 0.6) is 0 Å². The highest BCUT2D eigenvalue weighted by atomic mass is 16.5. The molecule has 0 aliphatic heterocycles. The van der Waals surface area contributed by atoms with Crippen molar-refractivity contribution in [2.75, 3.05) is 6.61 Å². The summed E-state index contributed by atoms with van der Waals surface area (Å²) < 4.78 is 5.85. The van der Waals surface area contributed by atoms with Crippen LogP contribution in [0.25, 0.3) is 0 Å². The first kappa shape index (κ1) is 13.2. The van der Waals surface area contributed by atoms with Crippen molar-refractivity contribution in [1.29, 1.82) is 0 Å². The maximum Gasteiger partial charge on any atom is 0.0877 e. The summed E-state index contributed by atoms with van der Waals surface area (Å²) in [4.78, 5) is 0. The molecule has 0 bridgehead atoms. The zero-order valence-corrected chi connectivity index (χ0v) is 11.2. The van der Waals surface area contributed by atoms with Crippen molar-refractivity contribution >= 4 is 0 Å². The summed E-state index contributed by atoms with van der Waals surface area (Å²) in [5, 5.41) is 0. The molecule has 1 nitrogen and oxygen atoms in total. The molecule has 16 heavy (non-hydrogen) atoms. The van der Waals surface area contributed by atoms with Gasteiger partial charge in [0.2, 0.25) is 0 Å². The standard InChI is InChI=1S/C15H24O/c1-6-12(3)13-10-8-9-11-14(13)15(4,5)16-7-2/h8-12H,6-7H2,1-5H3. The molecule has 90 valence electrons. The maximum atomic E-state index is 5.85. The third-order valence-corrected chi connectivity index (χ3v) is 3.26. The zero-order chi connectivity index (χ0) is 12.2. The van der Waals surface area contributed by atoms with E-state index in [0.29, 0.717) is 5.92 Å². The summed E-state index contributed by atoms with van der Waals surface area (Å²) >= 11 is 0. The van der Waals surface area contributed by atoms with E-state index < -0.39 is 0 Å². The van der Waals surface area contributed by atoms with Gasteiger partial charge in [-0.25, -0.2) is 0 Å². The van der Waals surface area contributed by atoms with Crippen molar-refractivity contribution in [1.82, 2.24) is 0 Å². The quantitative estimate of drug-likeness (QED) is 0.711. The lowest BCUT2D eigenvalue weighted by Crippen LogP contribution is -2.23. The summed E-state index contributed by atoms with van der Waals surface area (Å²) in [5.41, 5.74) is 2.56. The Morgan fingerprint density at radius 3 is 2.38 bits per heavy atom. The SMILES string of the molecule is CCOC(C)(C)c1ccccc1C(C)CC. The van der Waals surface area contributed by atoms with E-state index in [1.807, 2.05) is 6.92 Å². The first-order chi connectivity index (χ1) is 7.53. The topological polar surface area (TPSA) is 9.23 Å². The Morgan fingerprint density at radius 1 is 1.19 bits per heavy atom. The van der Waals surface area contributed by atoms with Crippen molar-refractivity contribution in [3.8, 4) is 0 Å².